The van der Waals surface area contributed by atoms with Crippen LogP contribution in [0.15, 0.2) is 30.6 Å². The highest BCUT2D eigenvalue weighted by molar-refractivity contribution is 5.28. The summed E-state index contributed by atoms with van der Waals surface area (Å²) in [6.07, 6.45) is 1.93. The Labute approximate surface area is 115 Å². The van der Waals surface area contributed by atoms with Gasteiger partial charge in [0, 0.05) is 24.8 Å². The first-order chi connectivity index (χ1) is 9.08. The van der Waals surface area contributed by atoms with Crippen molar-refractivity contribution >= 4 is 0 Å². The summed E-state index contributed by atoms with van der Waals surface area (Å²) in [6.45, 7) is 10.3. The van der Waals surface area contributed by atoms with Crippen LogP contribution in [0.3, 0.4) is 0 Å². The van der Waals surface area contributed by atoms with Gasteiger partial charge in [-0.25, -0.2) is 4.98 Å². The largest absolute Gasteiger partial charge is 0.330 e. The van der Waals surface area contributed by atoms with Crippen molar-refractivity contribution in [3.8, 4) is 0 Å². The lowest BCUT2D eigenvalue weighted by molar-refractivity contribution is 0.584. The third kappa shape index (κ3) is 3.44. The average molecular weight is 257 g/mol. The molecule has 0 unspecified atom stereocenters. The second-order valence-corrected chi connectivity index (χ2v) is 5.35. The van der Waals surface area contributed by atoms with E-state index in [0.717, 1.165) is 18.8 Å². The van der Waals surface area contributed by atoms with Crippen molar-refractivity contribution in [3.05, 3.63) is 53.1 Å². The summed E-state index contributed by atoms with van der Waals surface area (Å²) in [6, 6.07) is 9.11. The van der Waals surface area contributed by atoms with E-state index in [2.05, 4.69) is 66.8 Å². The molecule has 0 spiro atoms. The average Bonchev–Trinajstić information content (AvgIpc) is 2.70. The van der Waals surface area contributed by atoms with Crippen LogP contribution < -0.4 is 5.32 Å². The molecular formula is C16H23N3. The second-order valence-electron chi connectivity index (χ2n) is 5.35. The first-order valence-electron chi connectivity index (χ1n) is 6.86. The van der Waals surface area contributed by atoms with Gasteiger partial charge in [0.1, 0.15) is 0 Å². The smallest absolute Gasteiger partial charge is 0.0954 e. The molecule has 19 heavy (non-hydrogen) atoms. The zero-order chi connectivity index (χ0) is 13.8. The van der Waals surface area contributed by atoms with Crippen molar-refractivity contribution in [3.63, 3.8) is 0 Å². The summed E-state index contributed by atoms with van der Waals surface area (Å²) >= 11 is 0. The minimum absolute atomic E-state index is 0.505. The summed E-state index contributed by atoms with van der Waals surface area (Å²) in [4.78, 5) is 4.36. The number of nitrogens with zero attached hydrogens (tertiary/aromatic N) is 2. The van der Waals surface area contributed by atoms with E-state index in [0.29, 0.717) is 6.04 Å². The van der Waals surface area contributed by atoms with Gasteiger partial charge in [-0.15, -0.1) is 0 Å². The lowest BCUT2D eigenvalue weighted by Gasteiger charge is -2.14. The van der Waals surface area contributed by atoms with Crippen LogP contribution in [0.5, 0.6) is 0 Å². The molecule has 0 aliphatic carbocycles. The van der Waals surface area contributed by atoms with Gasteiger partial charge in [0.25, 0.3) is 0 Å². The topological polar surface area (TPSA) is 29.9 Å². The molecule has 3 heteroatoms. The van der Waals surface area contributed by atoms with Crippen molar-refractivity contribution in [1.29, 1.82) is 0 Å². The minimum Gasteiger partial charge on any atom is -0.330 e. The lowest BCUT2D eigenvalue weighted by Crippen LogP contribution is -2.22. The van der Waals surface area contributed by atoms with E-state index < -0.39 is 0 Å². The van der Waals surface area contributed by atoms with E-state index in [9.17, 15) is 0 Å². The molecule has 0 atom stereocenters. The maximum Gasteiger partial charge on any atom is 0.0954 e. The fraction of sp³-hybridized carbons (Fsp3) is 0.438. The van der Waals surface area contributed by atoms with Gasteiger partial charge in [-0.1, -0.05) is 38.1 Å². The quantitative estimate of drug-likeness (QED) is 0.892. The Morgan fingerprint density at radius 1 is 1.16 bits per heavy atom. The summed E-state index contributed by atoms with van der Waals surface area (Å²) in [5.74, 6) is 0. The molecule has 2 aromatic rings. The highest BCUT2D eigenvalue weighted by Crippen LogP contribution is 2.13. The Bertz CT molecular complexity index is 541. The molecule has 0 aliphatic heterocycles. The second kappa shape index (κ2) is 6.02. The Kier molecular flexibility index (Phi) is 4.38. The molecule has 0 amide bonds. The van der Waals surface area contributed by atoms with Gasteiger partial charge in [-0.3, -0.25) is 0 Å². The van der Waals surface area contributed by atoms with Crippen molar-refractivity contribution < 1.29 is 0 Å². The van der Waals surface area contributed by atoms with Crippen LogP contribution in [0.4, 0.5) is 0 Å². The van der Waals surface area contributed by atoms with Gasteiger partial charge in [0.05, 0.1) is 12.0 Å². The summed E-state index contributed by atoms with van der Waals surface area (Å²) in [7, 11) is 0. The number of aromatic nitrogens is 2. The first kappa shape index (κ1) is 13.8. The Balaban J connectivity index is 2.18. The molecule has 3 nitrogen and oxygen atoms in total. The van der Waals surface area contributed by atoms with E-state index in [1.54, 1.807) is 0 Å². The van der Waals surface area contributed by atoms with Gasteiger partial charge in [-0.2, -0.15) is 0 Å². The number of imidazole rings is 1. The predicted octanol–water partition coefficient (Wildman–Crippen LogP) is 3.05. The van der Waals surface area contributed by atoms with Crippen LogP contribution in [-0.2, 0) is 13.1 Å². The monoisotopic (exact) mass is 257 g/mol. The number of aryl methyl sites for hydroxylation is 1. The summed E-state index contributed by atoms with van der Waals surface area (Å²) in [5.41, 5.74) is 5.07. The molecular weight excluding hydrogens is 234 g/mol. The fourth-order valence-corrected chi connectivity index (χ4v) is 2.09. The third-order valence-electron chi connectivity index (χ3n) is 3.51. The molecule has 1 aromatic heterocycles. The number of rotatable bonds is 5. The number of benzene rings is 1. The van der Waals surface area contributed by atoms with E-state index in [-0.39, 0.29) is 0 Å². The van der Waals surface area contributed by atoms with Crippen molar-refractivity contribution in [1.82, 2.24) is 14.9 Å². The molecule has 0 saturated heterocycles. The maximum atomic E-state index is 4.36. The predicted molar refractivity (Wildman–Crippen MR) is 79.2 cm³/mol. The van der Waals surface area contributed by atoms with Crippen LogP contribution in [0.1, 0.15) is 36.4 Å². The van der Waals surface area contributed by atoms with Crippen molar-refractivity contribution in [2.24, 2.45) is 0 Å². The van der Waals surface area contributed by atoms with Crippen LogP contribution in [0.2, 0.25) is 0 Å². The molecule has 2 rings (SSSR count). The van der Waals surface area contributed by atoms with Crippen molar-refractivity contribution in [2.75, 3.05) is 0 Å². The lowest BCUT2D eigenvalue weighted by atomic mass is 10.1. The van der Waals surface area contributed by atoms with E-state index in [1.165, 1.54) is 16.8 Å². The minimum atomic E-state index is 0.505. The van der Waals surface area contributed by atoms with Crippen LogP contribution in [0, 0.1) is 13.8 Å². The van der Waals surface area contributed by atoms with Gasteiger partial charge in [-0.05, 0) is 25.0 Å². The van der Waals surface area contributed by atoms with E-state index >= 15 is 0 Å². The zero-order valence-corrected chi connectivity index (χ0v) is 12.3. The molecule has 102 valence electrons. The Morgan fingerprint density at radius 2 is 1.84 bits per heavy atom. The maximum absolute atomic E-state index is 4.36. The van der Waals surface area contributed by atoms with Crippen LogP contribution >= 0.6 is 0 Å². The van der Waals surface area contributed by atoms with Crippen LogP contribution in [0.25, 0.3) is 0 Å². The highest BCUT2D eigenvalue weighted by Gasteiger charge is 2.06. The first-order valence-corrected chi connectivity index (χ1v) is 6.86. The van der Waals surface area contributed by atoms with Gasteiger partial charge in [0.2, 0.25) is 0 Å². The molecule has 1 aromatic carbocycles. The SMILES string of the molecule is Cc1ncn(Cc2ccccc2CNC(C)C)c1C. The van der Waals surface area contributed by atoms with E-state index in [4.69, 9.17) is 0 Å². The van der Waals surface area contributed by atoms with Crippen molar-refractivity contribution in [2.45, 2.75) is 46.8 Å². The molecule has 0 radical (unpaired) electrons. The van der Waals surface area contributed by atoms with Gasteiger partial charge in [0.15, 0.2) is 0 Å². The molecule has 0 saturated carbocycles. The standard InChI is InChI=1S/C16H23N3/c1-12(2)17-9-15-7-5-6-8-16(15)10-19-11-18-13(3)14(19)4/h5-8,11-12,17H,9-10H2,1-4H3. The van der Waals surface area contributed by atoms with Crippen LogP contribution in [-0.4, -0.2) is 15.6 Å². The summed E-state index contributed by atoms with van der Waals surface area (Å²) in [5, 5.41) is 3.48. The molecule has 1 heterocycles. The van der Waals surface area contributed by atoms with Gasteiger partial charge < -0.3 is 9.88 Å². The molecule has 1 N–H and O–H groups in total. The Morgan fingerprint density at radius 3 is 2.42 bits per heavy atom. The number of hydrogen-bond acceptors (Lipinski definition) is 2. The van der Waals surface area contributed by atoms with Gasteiger partial charge >= 0.3 is 0 Å². The number of hydrogen-bond donors (Lipinski definition) is 1. The Hall–Kier alpha value is -1.61. The zero-order valence-electron chi connectivity index (χ0n) is 12.3. The highest BCUT2D eigenvalue weighted by atomic mass is 15.0. The normalized spacial score (nSPS) is 11.2. The number of nitrogens with one attached hydrogen (secondary N) is 1. The van der Waals surface area contributed by atoms with E-state index in [1.807, 2.05) is 6.33 Å². The molecule has 0 fully saturated rings. The molecule has 0 aliphatic rings. The summed E-state index contributed by atoms with van der Waals surface area (Å²) < 4.78 is 2.21. The fourth-order valence-electron chi connectivity index (χ4n) is 2.09. The molecule has 0 bridgehead atoms. The third-order valence-corrected chi connectivity index (χ3v) is 3.51.